The maximum absolute atomic E-state index is 13.4. The summed E-state index contributed by atoms with van der Waals surface area (Å²) in [5.41, 5.74) is 9.44. The maximum atomic E-state index is 13.4. The second-order valence-corrected chi connectivity index (χ2v) is 14.5. The Bertz CT molecular complexity index is 673. The van der Waals surface area contributed by atoms with Crippen LogP contribution < -0.4 is 0 Å². The summed E-state index contributed by atoms with van der Waals surface area (Å²) in [7, 11) is 0. The molecule has 0 heterocycles. The number of allylic oxidation sites excluding steroid dienone is 1. The van der Waals surface area contributed by atoms with Crippen molar-refractivity contribution in [2.75, 3.05) is 0 Å². The minimum absolute atomic E-state index is 0.0754. The predicted octanol–water partition coefficient (Wildman–Crippen LogP) is 15.6. The standard InChI is InChI=1S/C42H83N2O2/c1-6-10-14-18-22-26-30-34-38-41(37-33-29-25-21-17-13-9-4)46-42(45)44(43)39(5)40(35-31-27-23-19-15-11-7-2)36-32-28-24-20-16-12-8-3/h40-41,43H,5-38H2,1-4H3/q+1. The second-order valence-electron chi connectivity index (χ2n) is 14.5. The van der Waals surface area contributed by atoms with Crippen LogP contribution >= 0.6 is 0 Å². The van der Waals surface area contributed by atoms with Crippen LogP contribution in [0.1, 0.15) is 240 Å². The first-order valence-corrected chi connectivity index (χ1v) is 20.9. The van der Waals surface area contributed by atoms with E-state index in [9.17, 15) is 4.79 Å². The van der Waals surface area contributed by atoms with E-state index in [1.165, 1.54) is 161 Å². The van der Waals surface area contributed by atoms with Crippen molar-refractivity contribution in [2.24, 2.45) is 5.92 Å². The highest BCUT2D eigenvalue weighted by molar-refractivity contribution is 5.58. The molecular weight excluding hydrogens is 564 g/mol. The van der Waals surface area contributed by atoms with E-state index in [1.807, 2.05) is 0 Å². The third-order valence-corrected chi connectivity index (χ3v) is 10.0. The number of carbonyl (C=O) groups is 1. The summed E-state index contributed by atoms with van der Waals surface area (Å²) in [4.78, 5) is 13.4. The summed E-state index contributed by atoms with van der Waals surface area (Å²) in [5, 5.41) is 0. The number of nitrogens with one attached hydrogen (secondary N) is 1. The zero-order valence-electron chi connectivity index (χ0n) is 32.0. The van der Waals surface area contributed by atoms with Crippen LogP contribution in [0.5, 0.6) is 0 Å². The summed E-state index contributed by atoms with van der Waals surface area (Å²) < 4.78 is 7.13. The first-order chi connectivity index (χ1) is 22.5. The molecule has 0 bridgehead atoms. The molecule has 0 spiro atoms. The van der Waals surface area contributed by atoms with Crippen molar-refractivity contribution >= 4 is 6.09 Å². The van der Waals surface area contributed by atoms with Gasteiger partial charge in [-0.2, -0.15) is 4.79 Å². The lowest BCUT2D eigenvalue weighted by molar-refractivity contribution is -0.497. The molecule has 272 valence electrons. The van der Waals surface area contributed by atoms with Crippen molar-refractivity contribution in [3.05, 3.63) is 12.3 Å². The molecule has 0 aliphatic carbocycles. The quantitative estimate of drug-likeness (QED) is 0.0418. The van der Waals surface area contributed by atoms with Gasteiger partial charge in [-0.1, -0.05) is 201 Å². The smallest absolute Gasteiger partial charge is 0.406 e. The van der Waals surface area contributed by atoms with Gasteiger partial charge in [0.15, 0.2) is 0 Å². The van der Waals surface area contributed by atoms with Gasteiger partial charge in [0, 0.05) is 10.6 Å². The monoisotopic (exact) mass is 648 g/mol. The van der Waals surface area contributed by atoms with Crippen LogP contribution in [0.2, 0.25) is 0 Å². The van der Waals surface area contributed by atoms with Crippen molar-refractivity contribution in [1.82, 2.24) is 0 Å². The number of hydrogen-bond donors (Lipinski definition) is 1. The lowest BCUT2D eigenvalue weighted by atomic mass is 9.91. The first-order valence-electron chi connectivity index (χ1n) is 20.9. The van der Waals surface area contributed by atoms with Crippen LogP contribution in [0, 0.1) is 11.4 Å². The molecule has 0 aromatic carbocycles. The van der Waals surface area contributed by atoms with Crippen molar-refractivity contribution in [3.8, 4) is 0 Å². The Morgan fingerprint density at radius 2 is 0.739 bits per heavy atom. The van der Waals surface area contributed by atoms with Gasteiger partial charge in [-0.15, -0.1) is 0 Å². The highest BCUT2D eigenvalue weighted by atomic mass is 16.6. The van der Waals surface area contributed by atoms with E-state index >= 15 is 0 Å². The zero-order valence-corrected chi connectivity index (χ0v) is 32.0. The fourth-order valence-electron chi connectivity index (χ4n) is 6.77. The molecule has 1 unspecified atom stereocenters. The van der Waals surface area contributed by atoms with Crippen molar-refractivity contribution < 1.29 is 14.2 Å². The third-order valence-electron chi connectivity index (χ3n) is 10.0. The molecule has 4 nitrogen and oxygen atoms in total. The topological polar surface area (TPSA) is 53.2 Å². The van der Waals surface area contributed by atoms with Gasteiger partial charge in [-0.3, -0.25) is 0 Å². The van der Waals surface area contributed by atoms with Gasteiger partial charge in [-0.05, 0) is 50.6 Å². The van der Waals surface area contributed by atoms with Crippen molar-refractivity contribution in [3.63, 3.8) is 0 Å². The summed E-state index contributed by atoms with van der Waals surface area (Å²) in [5.74, 6) is 0.200. The number of hydrogen-bond acceptors (Lipinski definition) is 3. The van der Waals surface area contributed by atoms with Crippen LogP contribution in [0.4, 0.5) is 4.79 Å². The fraction of sp³-hybridized carbons (Fsp3) is 0.929. The summed E-state index contributed by atoms with van der Waals surface area (Å²) in [6, 6.07) is 0. The maximum Gasteiger partial charge on any atom is 0.628 e. The van der Waals surface area contributed by atoms with Crippen LogP contribution in [0.15, 0.2) is 12.3 Å². The molecule has 0 fully saturated rings. The average Bonchev–Trinajstić information content (AvgIpc) is 3.06. The Balaban J connectivity index is 4.99. The van der Waals surface area contributed by atoms with E-state index in [4.69, 9.17) is 10.3 Å². The molecule has 0 rings (SSSR count). The average molecular weight is 648 g/mol. The Labute approximate surface area is 289 Å². The molecule has 0 aliphatic rings. The molecule has 0 saturated carbocycles. The first kappa shape index (κ1) is 44.8. The van der Waals surface area contributed by atoms with Crippen molar-refractivity contribution in [1.29, 1.82) is 5.53 Å². The Kier molecular flexibility index (Phi) is 34.2. The minimum Gasteiger partial charge on any atom is -0.406 e. The van der Waals surface area contributed by atoms with E-state index in [0.29, 0.717) is 5.70 Å². The molecule has 46 heavy (non-hydrogen) atoms. The van der Waals surface area contributed by atoms with E-state index in [0.717, 1.165) is 56.1 Å². The van der Waals surface area contributed by atoms with Gasteiger partial charge < -0.3 is 4.74 Å². The molecular formula is C42H83N2O2+. The SMILES string of the molecule is C=C(C(CCCCCCCCC)CCCCCCCCC)[N+](=N)C(=O)OC(CCCCCCCCC)CCCCCCCCCC. The molecule has 4 heteroatoms. The van der Waals surface area contributed by atoms with Crippen LogP contribution in [-0.4, -0.2) is 16.9 Å². The zero-order chi connectivity index (χ0) is 33.9. The summed E-state index contributed by atoms with van der Waals surface area (Å²) in [6.07, 6.45) is 40.5. The van der Waals surface area contributed by atoms with E-state index in [2.05, 4.69) is 34.3 Å². The largest absolute Gasteiger partial charge is 0.628 e. The Morgan fingerprint density at radius 3 is 1.04 bits per heavy atom. The molecule has 0 aliphatic heterocycles. The molecule has 0 saturated heterocycles. The fourth-order valence-corrected chi connectivity index (χ4v) is 6.77. The van der Waals surface area contributed by atoms with Crippen LogP contribution in [-0.2, 0) is 4.74 Å². The number of rotatable bonds is 36. The van der Waals surface area contributed by atoms with Crippen molar-refractivity contribution in [2.45, 2.75) is 246 Å². The number of carbonyl (C=O) groups excluding carboxylic acids is 1. The molecule has 1 atom stereocenters. The second kappa shape index (κ2) is 35.1. The Morgan fingerprint density at radius 1 is 0.478 bits per heavy atom. The van der Waals surface area contributed by atoms with E-state index < -0.39 is 6.09 Å². The van der Waals surface area contributed by atoms with Crippen LogP contribution in [0.25, 0.3) is 0 Å². The van der Waals surface area contributed by atoms with Gasteiger partial charge in [-0.25, -0.2) is 0 Å². The number of ether oxygens (including phenoxy) is 1. The van der Waals surface area contributed by atoms with Gasteiger partial charge in [0.2, 0.25) is 5.70 Å². The molecule has 0 aromatic heterocycles. The van der Waals surface area contributed by atoms with Gasteiger partial charge in [0.25, 0.3) is 0 Å². The minimum atomic E-state index is -0.498. The number of amides is 1. The van der Waals surface area contributed by atoms with Gasteiger partial charge in [0.05, 0.1) is 0 Å². The third kappa shape index (κ3) is 27.9. The lowest BCUT2D eigenvalue weighted by Crippen LogP contribution is -2.27. The molecule has 0 aromatic rings. The van der Waals surface area contributed by atoms with E-state index in [1.54, 1.807) is 0 Å². The molecule has 1 N–H and O–H groups in total. The van der Waals surface area contributed by atoms with E-state index in [-0.39, 0.29) is 12.0 Å². The normalized spacial score (nSPS) is 12.1. The van der Waals surface area contributed by atoms with Crippen LogP contribution in [0.3, 0.4) is 0 Å². The number of nitrogens with zero attached hydrogens (tertiary/aromatic N) is 1. The highest BCUT2D eigenvalue weighted by Crippen LogP contribution is 2.27. The number of unbranched alkanes of at least 4 members (excludes halogenated alkanes) is 25. The predicted molar refractivity (Wildman–Crippen MR) is 201 cm³/mol. The van der Waals surface area contributed by atoms with Gasteiger partial charge in [0.1, 0.15) is 6.10 Å². The summed E-state index contributed by atoms with van der Waals surface area (Å²) in [6.45, 7) is 13.4. The molecule has 0 radical (unpaired) electrons. The summed E-state index contributed by atoms with van der Waals surface area (Å²) >= 11 is 0. The highest BCUT2D eigenvalue weighted by Gasteiger charge is 2.32. The lowest BCUT2D eigenvalue weighted by Gasteiger charge is -2.18. The van der Waals surface area contributed by atoms with Gasteiger partial charge >= 0.3 is 6.09 Å². The Hall–Kier alpha value is -1.19. The molecule has 1 amide bonds.